The molecule has 0 heterocycles. The van der Waals surface area contributed by atoms with Crippen LogP contribution in [0, 0.1) is 11.3 Å². The van der Waals surface area contributed by atoms with Gasteiger partial charge in [0.05, 0.1) is 16.1 Å². The Morgan fingerprint density at radius 1 is 1.09 bits per heavy atom. The molecule has 0 aromatic heterocycles. The molecule has 1 N–H and O–H groups in total. The molecule has 0 bridgehead atoms. The van der Waals surface area contributed by atoms with Crippen LogP contribution in [0.4, 0.5) is 5.69 Å². The molecule has 0 saturated carbocycles. The van der Waals surface area contributed by atoms with E-state index in [0.717, 1.165) is 5.56 Å². The first-order valence-electron chi connectivity index (χ1n) is 9.92. The first-order valence-corrected chi connectivity index (χ1v) is 11.5. The summed E-state index contributed by atoms with van der Waals surface area (Å²) in [4.78, 5) is 12.6. The summed E-state index contributed by atoms with van der Waals surface area (Å²) in [6.07, 6.45) is 1.46. The van der Waals surface area contributed by atoms with Crippen molar-refractivity contribution in [1.82, 2.24) is 0 Å². The first kappa shape index (κ1) is 24.7. The maximum atomic E-state index is 12.6. The van der Waals surface area contributed by atoms with E-state index in [1.165, 1.54) is 6.08 Å². The molecule has 168 valence electrons. The third-order valence-electron chi connectivity index (χ3n) is 4.42. The van der Waals surface area contributed by atoms with Gasteiger partial charge in [-0.2, -0.15) is 5.26 Å². The number of benzene rings is 3. The summed E-state index contributed by atoms with van der Waals surface area (Å²) >= 11 is 15.8. The van der Waals surface area contributed by atoms with E-state index in [1.807, 2.05) is 25.1 Å². The van der Waals surface area contributed by atoms with Crippen molar-refractivity contribution in [3.05, 3.63) is 91.9 Å². The fourth-order valence-electron chi connectivity index (χ4n) is 2.85. The molecule has 0 aliphatic rings. The predicted octanol–water partition coefficient (Wildman–Crippen LogP) is 7.28. The normalized spacial score (nSPS) is 10.9. The Labute approximate surface area is 210 Å². The zero-order chi connectivity index (χ0) is 23.8. The van der Waals surface area contributed by atoms with Crippen molar-refractivity contribution < 1.29 is 14.3 Å². The maximum Gasteiger partial charge on any atom is 0.266 e. The van der Waals surface area contributed by atoms with Crippen LogP contribution >= 0.6 is 39.1 Å². The van der Waals surface area contributed by atoms with Gasteiger partial charge in [0.2, 0.25) is 0 Å². The van der Waals surface area contributed by atoms with Gasteiger partial charge in [0.25, 0.3) is 5.91 Å². The summed E-state index contributed by atoms with van der Waals surface area (Å²) in [7, 11) is 0. The molecule has 0 saturated heterocycles. The van der Waals surface area contributed by atoms with Crippen LogP contribution in [0.5, 0.6) is 11.5 Å². The Morgan fingerprint density at radius 3 is 2.39 bits per heavy atom. The van der Waals surface area contributed by atoms with Gasteiger partial charge < -0.3 is 14.8 Å². The molecule has 33 heavy (non-hydrogen) atoms. The van der Waals surface area contributed by atoms with Gasteiger partial charge in [-0.1, -0.05) is 35.3 Å². The summed E-state index contributed by atoms with van der Waals surface area (Å²) in [5.41, 5.74) is 1.99. The summed E-state index contributed by atoms with van der Waals surface area (Å²) in [5.74, 6) is 0.627. The number of nitriles is 1. The van der Waals surface area contributed by atoms with E-state index in [-0.39, 0.29) is 5.57 Å². The second-order valence-corrected chi connectivity index (χ2v) is 8.51. The van der Waals surface area contributed by atoms with Crippen LogP contribution in [-0.2, 0) is 11.4 Å². The fourth-order valence-corrected chi connectivity index (χ4v) is 3.97. The van der Waals surface area contributed by atoms with Crippen LogP contribution in [0.15, 0.2) is 70.7 Å². The van der Waals surface area contributed by atoms with Crippen LogP contribution in [-0.4, -0.2) is 12.5 Å². The molecule has 5 nitrogen and oxygen atoms in total. The van der Waals surface area contributed by atoms with Gasteiger partial charge in [0.15, 0.2) is 5.75 Å². The minimum atomic E-state index is -0.531. The monoisotopic (exact) mass is 544 g/mol. The molecular weight excluding hydrogens is 527 g/mol. The number of nitrogens with zero attached hydrogens (tertiary/aromatic N) is 1. The standard InChI is InChI=1S/C25H19BrCl2N2O3/c1-2-32-21-9-7-20(8-10-21)30-25(31)18(14-29)11-17-12-22(26)24(23(28)13-17)33-15-16-3-5-19(27)6-4-16/h3-13H,2,15H2,1H3,(H,30,31)/b18-11-. The van der Waals surface area contributed by atoms with Crippen molar-refractivity contribution in [1.29, 1.82) is 5.26 Å². The number of carbonyl (C=O) groups is 1. The lowest BCUT2D eigenvalue weighted by Crippen LogP contribution is -2.13. The largest absolute Gasteiger partial charge is 0.494 e. The van der Waals surface area contributed by atoms with Crippen molar-refractivity contribution in [3.8, 4) is 17.6 Å². The van der Waals surface area contributed by atoms with Crippen LogP contribution in [0.2, 0.25) is 10.0 Å². The van der Waals surface area contributed by atoms with E-state index < -0.39 is 5.91 Å². The summed E-state index contributed by atoms with van der Waals surface area (Å²) in [6, 6.07) is 19.5. The minimum absolute atomic E-state index is 0.0679. The molecule has 0 atom stereocenters. The van der Waals surface area contributed by atoms with Gasteiger partial charge in [0.1, 0.15) is 24.0 Å². The molecule has 0 unspecified atom stereocenters. The second kappa shape index (κ2) is 11.8. The lowest BCUT2D eigenvalue weighted by molar-refractivity contribution is -0.112. The van der Waals surface area contributed by atoms with Crippen LogP contribution < -0.4 is 14.8 Å². The SMILES string of the molecule is CCOc1ccc(NC(=O)/C(C#N)=C\c2cc(Cl)c(OCc3ccc(Cl)cc3)c(Br)c2)cc1. The van der Waals surface area contributed by atoms with Gasteiger partial charge in [-0.3, -0.25) is 4.79 Å². The zero-order valence-electron chi connectivity index (χ0n) is 17.6. The van der Waals surface area contributed by atoms with Gasteiger partial charge in [-0.05, 0) is 88.6 Å². The van der Waals surface area contributed by atoms with Crippen molar-refractivity contribution in [2.45, 2.75) is 13.5 Å². The number of halogens is 3. The molecule has 0 spiro atoms. The van der Waals surface area contributed by atoms with Crippen molar-refractivity contribution in [3.63, 3.8) is 0 Å². The van der Waals surface area contributed by atoms with Crippen LogP contribution in [0.1, 0.15) is 18.1 Å². The molecule has 8 heteroatoms. The smallest absolute Gasteiger partial charge is 0.266 e. The fraction of sp³-hybridized carbons (Fsp3) is 0.120. The van der Waals surface area contributed by atoms with E-state index >= 15 is 0 Å². The van der Waals surface area contributed by atoms with Gasteiger partial charge in [-0.15, -0.1) is 0 Å². The summed E-state index contributed by atoms with van der Waals surface area (Å²) in [5, 5.41) is 13.2. The molecule has 0 aliphatic carbocycles. The molecule has 1 amide bonds. The Kier molecular flexibility index (Phi) is 8.79. The van der Waals surface area contributed by atoms with E-state index in [0.29, 0.717) is 50.5 Å². The molecule has 3 aromatic rings. The van der Waals surface area contributed by atoms with Gasteiger partial charge in [-0.25, -0.2) is 0 Å². The number of hydrogen-bond acceptors (Lipinski definition) is 4. The highest BCUT2D eigenvalue weighted by Crippen LogP contribution is 2.36. The van der Waals surface area contributed by atoms with E-state index in [9.17, 15) is 10.1 Å². The predicted molar refractivity (Wildman–Crippen MR) is 135 cm³/mol. The zero-order valence-corrected chi connectivity index (χ0v) is 20.7. The Bertz CT molecular complexity index is 1180. The van der Waals surface area contributed by atoms with Crippen molar-refractivity contribution >= 4 is 56.8 Å². The third kappa shape index (κ3) is 7.00. The highest BCUT2D eigenvalue weighted by atomic mass is 79.9. The Balaban J connectivity index is 1.72. The van der Waals surface area contributed by atoms with Gasteiger partial charge >= 0.3 is 0 Å². The summed E-state index contributed by atoms with van der Waals surface area (Å²) in [6.45, 7) is 2.75. The number of hydrogen-bond donors (Lipinski definition) is 1. The van der Waals surface area contributed by atoms with E-state index in [4.69, 9.17) is 32.7 Å². The molecule has 3 aromatic carbocycles. The molecule has 3 rings (SSSR count). The number of ether oxygens (including phenoxy) is 2. The quantitative estimate of drug-likeness (QED) is 0.238. The highest BCUT2D eigenvalue weighted by Gasteiger charge is 2.13. The molecule has 0 radical (unpaired) electrons. The molecule has 0 aliphatic heterocycles. The number of amides is 1. The Hall–Kier alpha value is -2.98. The van der Waals surface area contributed by atoms with Gasteiger partial charge in [0, 0.05) is 10.7 Å². The van der Waals surface area contributed by atoms with E-state index in [1.54, 1.807) is 48.5 Å². The molecular formula is C25H19BrCl2N2O3. The lowest BCUT2D eigenvalue weighted by atomic mass is 10.1. The Morgan fingerprint density at radius 2 is 1.79 bits per heavy atom. The molecule has 0 fully saturated rings. The number of nitrogens with one attached hydrogen (secondary N) is 1. The second-order valence-electron chi connectivity index (χ2n) is 6.81. The third-order valence-corrected chi connectivity index (χ3v) is 5.54. The number of anilines is 1. The summed E-state index contributed by atoms with van der Waals surface area (Å²) < 4.78 is 11.8. The first-order chi connectivity index (χ1) is 15.9. The minimum Gasteiger partial charge on any atom is -0.494 e. The average molecular weight is 546 g/mol. The van der Waals surface area contributed by atoms with Crippen molar-refractivity contribution in [2.24, 2.45) is 0 Å². The maximum absolute atomic E-state index is 12.6. The lowest BCUT2D eigenvalue weighted by Gasteiger charge is -2.12. The van der Waals surface area contributed by atoms with E-state index in [2.05, 4.69) is 21.2 Å². The van der Waals surface area contributed by atoms with Crippen LogP contribution in [0.3, 0.4) is 0 Å². The highest BCUT2D eigenvalue weighted by molar-refractivity contribution is 9.10. The number of carbonyl (C=O) groups excluding carboxylic acids is 1. The topological polar surface area (TPSA) is 71.3 Å². The van der Waals surface area contributed by atoms with Crippen LogP contribution in [0.25, 0.3) is 6.08 Å². The average Bonchev–Trinajstić information content (AvgIpc) is 2.79. The number of rotatable bonds is 8. The van der Waals surface area contributed by atoms with Crippen molar-refractivity contribution in [2.75, 3.05) is 11.9 Å².